The summed E-state index contributed by atoms with van der Waals surface area (Å²) in [7, 11) is 0. The predicted molar refractivity (Wildman–Crippen MR) is 113 cm³/mol. The summed E-state index contributed by atoms with van der Waals surface area (Å²) >= 11 is 6.46. The molecule has 1 aromatic heterocycles. The lowest BCUT2D eigenvalue weighted by atomic mass is 10.1. The number of nitrogens with zero attached hydrogens (tertiary/aromatic N) is 2. The number of aryl methyl sites for hydroxylation is 1. The lowest BCUT2D eigenvalue weighted by Gasteiger charge is -2.11. The number of anilines is 1. The number of rotatable bonds is 8. The van der Waals surface area contributed by atoms with Crippen LogP contribution in [0.15, 0.2) is 47.7 Å². The van der Waals surface area contributed by atoms with E-state index in [2.05, 4.69) is 36.1 Å². The largest absolute Gasteiger partial charge is 0.404 e. The highest BCUT2D eigenvalue weighted by atomic mass is 35.5. The van der Waals surface area contributed by atoms with Crippen molar-refractivity contribution in [2.24, 2.45) is 16.6 Å². The summed E-state index contributed by atoms with van der Waals surface area (Å²) in [6, 6.07) is 9.76. The summed E-state index contributed by atoms with van der Waals surface area (Å²) in [5, 5.41) is 4.01. The third-order valence-corrected chi connectivity index (χ3v) is 4.15. The summed E-state index contributed by atoms with van der Waals surface area (Å²) in [5.74, 6) is 0.568. The van der Waals surface area contributed by atoms with Crippen LogP contribution < -0.4 is 11.1 Å². The zero-order valence-electron chi connectivity index (χ0n) is 15.7. The van der Waals surface area contributed by atoms with Gasteiger partial charge in [-0.2, -0.15) is 0 Å². The molecule has 3 N–H and O–H groups in total. The Kier molecular flexibility index (Phi) is 7.67. The molecule has 1 heterocycles. The molecule has 1 aromatic carbocycles. The Bertz CT molecular complexity index is 781. The molecular formula is C21H27ClN4. The third-order valence-electron chi connectivity index (χ3n) is 3.83. The van der Waals surface area contributed by atoms with E-state index in [9.17, 15) is 0 Å². The quantitative estimate of drug-likeness (QED) is 0.606. The minimum absolute atomic E-state index is 0.568. The number of aromatic nitrogens is 1. The first-order valence-electron chi connectivity index (χ1n) is 8.98. The van der Waals surface area contributed by atoms with Crippen LogP contribution in [0.3, 0.4) is 0 Å². The highest BCUT2D eigenvalue weighted by Crippen LogP contribution is 2.27. The summed E-state index contributed by atoms with van der Waals surface area (Å²) in [4.78, 5) is 8.88. The average molecular weight is 371 g/mol. The van der Waals surface area contributed by atoms with Crippen LogP contribution in [-0.2, 0) is 6.42 Å². The van der Waals surface area contributed by atoms with E-state index in [-0.39, 0.29) is 0 Å². The van der Waals surface area contributed by atoms with Crippen LogP contribution in [0.5, 0.6) is 0 Å². The van der Waals surface area contributed by atoms with Crippen molar-refractivity contribution in [2.75, 3.05) is 11.9 Å². The standard InChI is InChI=1S/C21H27ClN4/c1-4-5-17-10-19(8-9-24-17)26-14-16(12-23)20-7-6-18(11-21(20)22)25-13-15(2)3/h6-12,14-15,25H,4-5,13,23H2,1-3H3. The van der Waals surface area contributed by atoms with Crippen molar-refractivity contribution in [3.05, 3.63) is 59.0 Å². The number of halogens is 1. The molecule has 2 aromatic rings. The molecule has 0 bridgehead atoms. The van der Waals surface area contributed by atoms with Crippen molar-refractivity contribution in [2.45, 2.75) is 33.6 Å². The fourth-order valence-electron chi connectivity index (χ4n) is 2.47. The summed E-state index contributed by atoms with van der Waals surface area (Å²) in [5.41, 5.74) is 10.3. The van der Waals surface area contributed by atoms with Gasteiger partial charge in [-0.25, -0.2) is 0 Å². The highest BCUT2D eigenvalue weighted by molar-refractivity contribution is 6.34. The fraction of sp³-hybridized carbons (Fsp3) is 0.333. The van der Waals surface area contributed by atoms with Crippen molar-refractivity contribution < 1.29 is 0 Å². The predicted octanol–water partition coefficient (Wildman–Crippen LogP) is 5.46. The minimum atomic E-state index is 0.568. The summed E-state index contributed by atoms with van der Waals surface area (Å²) in [6.45, 7) is 7.37. The molecule has 0 amide bonds. The van der Waals surface area contributed by atoms with Gasteiger partial charge in [0.25, 0.3) is 0 Å². The Morgan fingerprint density at radius 1 is 1.31 bits per heavy atom. The number of pyridine rings is 1. The van der Waals surface area contributed by atoms with Gasteiger partial charge < -0.3 is 11.1 Å². The number of nitrogens with one attached hydrogen (secondary N) is 1. The number of hydrogen-bond acceptors (Lipinski definition) is 4. The molecule has 0 aliphatic carbocycles. The van der Waals surface area contributed by atoms with Gasteiger partial charge in [0.15, 0.2) is 0 Å². The van der Waals surface area contributed by atoms with E-state index in [1.165, 1.54) is 6.20 Å². The number of hydrogen-bond donors (Lipinski definition) is 2. The highest BCUT2D eigenvalue weighted by Gasteiger charge is 2.06. The Balaban J connectivity index is 2.17. The van der Waals surface area contributed by atoms with Gasteiger partial charge in [-0.05, 0) is 36.6 Å². The molecule has 0 radical (unpaired) electrons. The zero-order chi connectivity index (χ0) is 18.9. The molecule has 138 valence electrons. The Morgan fingerprint density at radius 2 is 2.12 bits per heavy atom. The van der Waals surface area contributed by atoms with E-state index < -0.39 is 0 Å². The Hall–Kier alpha value is -2.33. The van der Waals surface area contributed by atoms with Crippen LogP contribution in [0.25, 0.3) is 5.57 Å². The second kappa shape index (κ2) is 9.97. The van der Waals surface area contributed by atoms with Crippen LogP contribution in [0.2, 0.25) is 5.02 Å². The molecule has 0 fully saturated rings. The molecule has 26 heavy (non-hydrogen) atoms. The van der Waals surface area contributed by atoms with Gasteiger partial charge in [0.2, 0.25) is 0 Å². The molecule has 0 spiro atoms. The maximum Gasteiger partial charge on any atom is 0.0663 e. The molecule has 5 heteroatoms. The molecule has 0 aliphatic rings. The first-order chi connectivity index (χ1) is 12.5. The van der Waals surface area contributed by atoms with Crippen LogP contribution in [0.4, 0.5) is 11.4 Å². The minimum Gasteiger partial charge on any atom is -0.404 e. The van der Waals surface area contributed by atoms with E-state index in [1.54, 1.807) is 12.4 Å². The van der Waals surface area contributed by atoms with Crippen LogP contribution >= 0.6 is 11.6 Å². The molecular weight excluding hydrogens is 344 g/mol. The first kappa shape index (κ1) is 20.0. The van der Waals surface area contributed by atoms with Crippen LogP contribution in [0.1, 0.15) is 38.4 Å². The van der Waals surface area contributed by atoms with Crippen LogP contribution in [0, 0.1) is 5.92 Å². The number of nitrogens with two attached hydrogens (primary N) is 1. The van der Waals surface area contributed by atoms with Crippen molar-refractivity contribution in [1.82, 2.24) is 4.98 Å². The van der Waals surface area contributed by atoms with Crippen molar-refractivity contribution in [1.29, 1.82) is 0 Å². The second-order valence-electron chi connectivity index (χ2n) is 6.60. The Labute approximate surface area is 161 Å². The fourth-order valence-corrected chi connectivity index (χ4v) is 2.76. The summed E-state index contributed by atoms with van der Waals surface area (Å²) < 4.78 is 0. The normalized spacial score (nSPS) is 12.1. The van der Waals surface area contributed by atoms with E-state index in [0.717, 1.165) is 47.6 Å². The molecule has 0 atom stereocenters. The number of allylic oxidation sites excluding steroid dienone is 1. The van der Waals surface area contributed by atoms with E-state index in [4.69, 9.17) is 17.3 Å². The molecule has 0 saturated heterocycles. The zero-order valence-corrected chi connectivity index (χ0v) is 16.4. The van der Waals surface area contributed by atoms with E-state index in [1.807, 2.05) is 30.3 Å². The van der Waals surface area contributed by atoms with Gasteiger partial charge in [0, 0.05) is 47.7 Å². The third kappa shape index (κ3) is 5.88. The average Bonchev–Trinajstić information content (AvgIpc) is 2.62. The monoisotopic (exact) mass is 370 g/mol. The van der Waals surface area contributed by atoms with E-state index in [0.29, 0.717) is 10.9 Å². The molecule has 0 aliphatic heterocycles. The SMILES string of the molecule is CCCc1cc(N=CC(=CN)c2ccc(NCC(C)C)cc2Cl)ccn1. The second-order valence-corrected chi connectivity index (χ2v) is 7.01. The van der Waals surface area contributed by atoms with Crippen molar-refractivity contribution in [3.8, 4) is 0 Å². The lowest BCUT2D eigenvalue weighted by molar-refractivity contribution is 0.689. The van der Waals surface area contributed by atoms with Crippen molar-refractivity contribution >= 4 is 34.8 Å². The van der Waals surface area contributed by atoms with Crippen LogP contribution in [-0.4, -0.2) is 17.7 Å². The maximum absolute atomic E-state index is 6.46. The van der Waals surface area contributed by atoms with Gasteiger partial charge in [-0.1, -0.05) is 44.9 Å². The van der Waals surface area contributed by atoms with E-state index >= 15 is 0 Å². The molecule has 0 unspecified atom stereocenters. The van der Waals surface area contributed by atoms with Gasteiger partial charge in [-0.15, -0.1) is 0 Å². The number of benzene rings is 1. The summed E-state index contributed by atoms with van der Waals surface area (Å²) in [6.07, 6.45) is 7.06. The maximum atomic E-state index is 6.46. The number of aliphatic imine (C=N–C) groups is 1. The smallest absolute Gasteiger partial charge is 0.0663 e. The molecule has 2 rings (SSSR count). The van der Waals surface area contributed by atoms with Gasteiger partial charge in [0.1, 0.15) is 0 Å². The first-order valence-corrected chi connectivity index (χ1v) is 9.36. The van der Waals surface area contributed by atoms with Gasteiger partial charge in [0.05, 0.1) is 10.7 Å². The van der Waals surface area contributed by atoms with Gasteiger partial charge in [-0.3, -0.25) is 9.98 Å². The topological polar surface area (TPSA) is 63.3 Å². The Morgan fingerprint density at radius 3 is 2.77 bits per heavy atom. The molecule has 0 saturated carbocycles. The lowest BCUT2D eigenvalue weighted by Crippen LogP contribution is -2.07. The van der Waals surface area contributed by atoms with Crippen molar-refractivity contribution in [3.63, 3.8) is 0 Å². The molecule has 4 nitrogen and oxygen atoms in total. The van der Waals surface area contributed by atoms with Gasteiger partial charge >= 0.3 is 0 Å².